The predicted molar refractivity (Wildman–Crippen MR) is 61.0 cm³/mol. The largest absolute Gasteiger partial charge is 0.446 e. The van der Waals surface area contributed by atoms with Crippen LogP contribution in [0.15, 0.2) is 12.2 Å². The highest BCUT2D eigenvalue weighted by atomic mass is 127. The van der Waals surface area contributed by atoms with E-state index < -0.39 is 15.5 Å². The summed E-state index contributed by atoms with van der Waals surface area (Å²) < 4.78 is 29.3. The van der Waals surface area contributed by atoms with Crippen LogP contribution in [0.4, 0.5) is 8.78 Å². The van der Waals surface area contributed by atoms with Crippen LogP contribution in [0, 0.1) is 5.92 Å². The summed E-state index contributed by atoms with van der Waals surface area (Å²) in [7, 11) is 0. The first kappa shape index (κ1) is 12.9. The molecule has 0 aromatic carbocycles. The second-order valence-electron chi connectivity index (χ2n) is 4.17. The molecule has 0 saturated heterocycles. The molecule has 1 aliphatic rings. The van der Waals surface area contributed by atoms with E-state index in [0.29, 0.717) is 0 Å². The minimum Gasteiger partial charge on any atom is -0.446 e. The van der Waals surface area contributed by atoms with Crippen LogP contribution < -0.4 is 0 Å². The Hall–Kier alpha value is -0.200. The predicted octanol–water partition coefficient (Wildman–Crippen LogP) is 3.30. The number of hydrogen-bond acceptors (Lipinski definition) is 2. The number of esters is 1. The van der Waals surface area contributed by atoms with Crippen molar-refractivity contribution in [1.82, 2.24) is 0 Å². The maximum Gasteiger partial charge on any atom is 0.331 e. The lowest BCUT2D eigenvalue weighted by molar-refractivity contribution is -0.142. The van der Waals surface area contributed by atoms with Gasteiger partial charge in [-0.25, -0.2) is 13.6 Å². The van der Waals surface area contributed by atoms with Crippen LogP contribution in [0.3, 0.4) is 0 Å². The third-order valence-corrected chi connectivity index (χ3v) is 2.19. The Morgan fingerprint density at radius 3 is 2.47 bits per heavy atom. The number of carbonyl (C=O) groups excluding carboxylic acids is 1. The second kappa shape index (κ2) is 4.35. The maximum atomic E-state index is 12.4. The molecule has 0 spiro atoms. The van der Waals surface area contributed by atoms with Crippen LogP contribution in [0.1, 0.15) is 26.7 Å². The van der Waals surface area contributed by atoms with Crippen molar-refractivity contribution >= 4 is 28.6 Å². The van der Waals surface area contributed by atoms with Crippen molar-refractivity contribution in [3.05, 3.63) is 12.2 Å². The molecule has 0 radical (unpaired) electrons. The zero-order chi connectivity index (χ0) is 11.7. The molecule has 1 fully saturated rings. The van der Waals surface area contributed by atoms with Gasteiger partial charge < -0.3 is 4.74 Å². The molecule has 0 aromatic rings. The Labute approximate surface area is 101 Å². The highest BCUT2D eigenvalue weighted by Crippen LogP contribution is 2.42. The summed E-state index contributed by atoms with van der Waals surface area (Å²) in [5.41, 5.74) is 0. The molecule has 0 aromatic heterocycles. The summed E-state index contributed by atoms with van der Waals surface area (Å²) in [6.07, 6.45) is 2.41. The van der Waals surface area contributed by atoms with Crippen molar-refractivity contribution < 1.29 is 18.3 Å². The molecule has 86 valence electrons. The normalized spacial score (nSPS) is 21.4. The van der Waals surface area contributed by atoms with Gasteiger partial charge in [-0.3, -0.25) is 0 Å². The molecule has 0 bridgehead atoms. The van der Waals surface area contributed by atoms with E-state index in [0.717, 1.165) is 0 Å². The van der Waals surface area contributed by atoms with E-state index in [1.165, 1.54) is 12.2 Å². The van der Waals surface area contributed by atoms with E-state index in [1.54, 1.807) is 13.8 Å². The van der Waals surface area contributed by atoms with Gasteiger partial charge in [-0.2, -0.15) is 0 Å². The monoisotopic (exact) mass is 330 g/mol. The van der Waals surface area contributed by atoms with Gasteiger partial charge in [0.2, 0.25) is 5.92 Å². The number of hydrogen-bond donors (Lipinski definition) is 0. The first-order chi connectivity index (χ1) is 6.68. The highest BCUT2D eigenvalue weighted by Gasteiger charge is 2.43. The molecule has 0 amide bonds. The molecule has 15 heavy (non-hydrogen) atoms. The fourth-order valence-electron chi connectivity index (χ4n) is 1.33. The third kappa shape index (κ3) is 4.90. The molecule has 2 nitrogen and oxygen atoms in total. The van der Waals surface area contributed by atoms with Crippen molar-refractivity contribution in [3.8, 4) is 0 Å². The van der Waals surface area contributed by atoms with Gasteiger partial charge >= 0.3 is 5.97 Å². The lowest BCUT2D eigenvalue weighted by Crippen LogP contribution is -2.34. The van der Waals surface area contributed by atoms with Crippen molar-refractivity contribution in [1.29, 1.82) is 0 Å². The summed E-state index contributed by atoms with van der Waals surface area (Å²) in [6.45, 7) is 3.49. The Kier molecular flexibility index (Phi) is 3.73. The van der Waals surface area contributed by atoms with E-state index in [4.69, 9.17) is 4.74 Å². The zero-order valence-electron chi connectivity index (χ0n) is 8.60. The van der Waals surface area contributed by atoms with Gasteiger partial charge in [0.25, 0.3) is 0 Å². The van der Waals surface area contributed by atoms with Gasteiger partial charge in [0.15, 0.2) is 3.61 Å². The SMILES string of the molecule is CC(C)(I)OC(=O)/C=C/C1CC(F)(F)C1. The molecule has 0 N–H and O–H groups in total. The van der Waals surface area contributed by atoms with E-state index in [1.807, 2.05) is 22.6 Å². The third-order valence-electron chi connectivity index (χ3n) is 1.97. The van der Waals surface area contributed by atoms with Crippen LogP contribution in [0.5, 0.6) is 0 Å². The summed E-state index contributed by atoms with van der Waals surface area (Å²) in [5, 5.41) is 0. The molecule has 0 heterocycles. The Bertz CT molecular complexity index is 274. The average Bonchev–Trinajstić information content (AvgIpc) is 1.93. The van der Waals surface area contributed by atoms with Crippen molar-refractivity contribution in [3.63, 3.8) is 0 Å². The number of rotatable bonds is 3. The molecule has 1 saturated carbocycles. The van der Waals surface area contributed by atoms with Crippen molar-refractivity contribution in [2.24, 2.45) is 5.92 Å². The number of halogens is 3. The van der Waals surface area contributed by atoms with Crippen LogP contribution in [-0.4, -0.2) is 15.5 Å². The first-order valence-corrected chi connectivity index (χ1v) is 5.74. The lowest BCUT2D eigenvalue weighted by Gasteiger charge is -2.32. The zero-order valence-corrected chi connectivity index (χ0v) is 10.8. The maximum absolute atomic E-state index is 12.4. The molecule has 0 atom stereocenters. The molecule has 1 aliphatic carbocycles. The van der Waals surface area contributed by atoms with E-state index in [2.05, 4.69) is 0 Å². The molecule has 1 rings (SSSR count). The van der Waals surface area contributed by atoms with Gasteiger partial charge in [-0.15, -0.1) is 0 Å². The molecule has 5 heteroatoms. The Morgan fingerprint density at radius 2 is 2.07 bits per heavy atom. The van der Waals surface area contributed by atoms with Gasteiger partial charge in [0.05, 0.1) is 0 Å². The number of carbonyl (C=O) groups is 1. The Balaban J connectivity index is 2.31. The minimum atomic E-state index is -2.54. The van der Waals surface area contributed by atoms with Gasteiger partial charge in [-0.1, -0.05) is 6.08 Å². The number of ether oxygens (including phenoxy) is 1. The summed E-state index contributed by atoms with van der Waals surface area (Å²) in [5.74, 6) is -3.21. The van der Waals surface area contributed by atoms with Crippen LogP contribution in [-0.2, 0) is 9.53 Å². The topological polar surface area (TPSA) is 26.3 Å². The second-order valence-corrected chi connectivity index (χ2v) is 6.77. The van der Waals surface area contributed by atoms with Gasteiger partial charge in [0.1, 0.15) is 0 Å². The number of allylic oxidation sites excluding steroid dienone is 1. The minimum absolute atomic E-state index is 0.162. The van der Waals surface area contributed by atoms with Gasteiger partial charge in [0, 0.05) is 18.9 Å². The first-order valence-electron chi connectivity index (χ1n) is 4.66. The van der Waals surface area contributed by atoms with Crippen LogP contribution in [0.2, 0.25) is 0 Å². The van der Waals surface area contributed by atoms with E-state index in [9.17, 15) is 13.6 Å². The van der Waals surface area contributed by atoms with Crippen molar-refractivity contribution in [2.45, 2.75) is 36.2 Å². The highest BCUT2D eigenvalue weighted by molar-refractivity contribution is 14.1. The molecule has 0 aliphatic heterocycles. The summed E-state index contributed by atoms with van der Waals surface area (Å²) in [6, 6.07) is 0. The Morgan fingerprint density at radius 1 is 1.53 bits per heavy atom. The van der Waals surface area contributed by atoms with Gasteiger partial charge in [-0.05, 0) is 42.4 Å². The molecular formula is C10H13F2IO2. The van der Waals surface area contributed by atoms with E-state index >= 15 is 0 Å². The number of alkyl halides is 3. The molecule has 0 unspecified atom stereocenters. The summed E-state index contributed by atoms with van der Waals surface area (Å²) >= 11 is 1.98. The van der Waals surface area contributed by atoms with E-state index in [-0.39, 0.29) is 18.8 Å². The standard InChI is InChI=1S/C10H13F2IO2/c1-9(2,13)15-8(14)4-3-7-5-10(11,12)6-7/h3-4,7H,5-6H2,1-2H3/b4-3+. The quantitative estimate of drug-likeness (QED) is 0.344. The smallest absolute Gasteiger partial charge is 0.331 e. The molecular weight excluding hydrogens is 317 g/mol. The fraction of sp³-hybridized carbons (Fsp3) is 0.700. The average molecular weight is 330 g/mol. The van der Waals surface area contributed by atoms with Crippen LogP contribution >= 0.6 is 22.6 Å². The van der Waals surface area contributed by atoms with Crippen LogP contribution in [0.25, 0.3) is 0 Å². The van der Waals surface area contributed by atoms with Crippen molar-refractivity contribution in [2.75, 3.05) is 0 Å². The summed E-state index contributed by atoms with van der Waals surface area (Å²) in [4.78, 5) is 11.2. The lowest BCUT2D eigenvalue weighted by atomic mass is 9.81. The fourth-order valence-corrected chi connectivity index (χ4v) is 1.55.